The van der Waals surface area contributed by atoms with Gasteiger partial charge in [0.2, 0.25) is 5.91 Å². The highest BCUT2D eigenvalue weighted by Gasteiger charge is 2.18. The van der Waals surface area contributed by atoms with Crippen LogP contribution in [0.3, 0.4) is 0 Å². The van der Waals surface area contributed by atoms with Crippen LogP contribution in [0.25, 0.3) is 0 Å². The van der Waals surface area contributed by atoms with Crippen molar-refractivity contribution in [2.75, 3.05) is 0 Å². The van der Waals surface area contributed by atoms with Crippen molar-refractivity contribution in [1.29, 1.82) is 0 Å². The number of rotatable bonds is 3. The summed E-state index contributed by atoms with van der Waals surface area (Å²) in [4.78, 5) is 9.47. The molecule has 1 amide bonds. The van der Waals surface area contributed by atoms with E-state index in [0.29, 0.717) is 5.56 Å². The van der Waals surface area contributed by atoms with Crippen molar-refractivity contribution in [2.45, 2.75) is 12.2 Å². The third kappa shape index (κ3) is 6.49. The minimum absolute atomic E-state index is 0.481. The number of nitrogens with two attached hydrogens (primary N) is 1. The van der Waals surface area contributed by atoms with Gasteiger partial charge in [-0.05, 0) is 18.6 Å². The molecule has 0 aromatic heterocycles. The van der Waals surface area contributed by atoms with Crippen LogP contribution >= 0.6 is 0 Å². The fraction of sp³-hybridized carbons (Fsp3) is 0.182. The van der Waals surface area contributed by atoms with Crippen LogP contribution in [-0.4, -0.2) is 18.9 Å². The van der Waals surface area contributed by atoms with Gasteiger partial charge in [-0.3, -0.25) is 9.35 Å². The molecule has 3 N–H and O–H groups in total. The van der Waals surface area contributed by atoms with E-state index >= 15 is 0 Å². The number of carbonyl (C=O) groups is 1. The van der Waals surface area contributed by atoms with Crippen LogP contribution in [0.2, 0.25) is 0 Å². The van der Waals surface area contributed by atoms with Crippen molar-refractivity contribution in [2.24, 2.45) is 5.73 Å². The standard InChI is InChI=1S/C8H10O3S.C3H5NO/c1-7(12(9,10)11)8-5-3-2-4-6-8;1-2-3(4)5/h2-7H,1H3,(H,9,10,11);2H,1H2,(H2,4,5). The van der Waals surface area contributed by atoms with Gasteiger partial charge in [0, 0.05) is 0 Å². The predicted octanol–water partition coefficient (Wildman–Crippen LogP) is 1.29. The molecule has 1 aromatic rings. The van der Waals surface area contributed by atoms with E-state index < -0.39 is 21.3 Å². The number of amides is 1. The summed E-state index contributed by atoms with van der Waals surface area (Å²) in [6.45, 7) is 4.53. The maximum Gasteiger partial charge on any atom is 0.271 e. The smallest absolute Gasteiger partial charge is 0.271 e. The Morgan fingerprint density at radius 1 is 1.41 bits per heavy atom. The van der Waals surface area contributed by atoms with Crippen LogP contribution in [0.15, 0.2) is 43.0 Å². The third-order valence-corrected chi connectivity index (χ3v) is 3.08. The van der Waals surface area contributed by atoms with Gasteiger partial charge < -0.3 is 5.73 Å². The van der Waals surface area contributed by atoms with Crippen LogP contribution in [0.1, 0.15) is 17.7 Å². The minimum atomic E-state index is -3.96. The molecule has 1 rings (SSSR count). The molecule has 0 aliphatic heterocycles. The largest absolute Gasteiger partial charge is 0.366 e. The van der Waals surface area contributed by atoms with E-state index in [1.165, 1.54) is 6.92 Å². The Kier molecular flexibility index (Phi) is 6.16. The fourth-order valence-electron chi connectivity index (χ4n) is 0.896. The first-order valence-electron chi connectivity index (χ1n) is 4.72. The number of benzene rings is 1. The summed E-state index contributed by atoms with van der Waals surface area (Å²) in [5, 5.41) is -0.848. The molecule has 0 aliphatic carbocycles. The topological polar surface area (TPSA) is 97.5 Å². The molecule has 94 valence electrons. The van der Waals surface area contributed by atoms with Gasteiger partial charge in [-0.2, -0.15) is 8.42 Å². The van der Waals surface area contributed by atoms with Crippen LogP contribution in [0, 0.1) is 0 Å². The zero-order chi connectivity index (χ0) is 13.5. The van der Waals surface area contributed by atoms with Crippen molar-refractivity contribution in [3.05, 3.63) is 48.6 Å². The number of hydrogen-bond donors (Lipinski definition) is 2. The number of hydrogen-bond acceptors (Lipinski definition) is 3. The average molecular weight is 257 g/mol. The van der Waals surface area contributed by atoms with Crippen LogP contribution in [0.5, 0.6) is 0 Å². The Balaban J connectivity index is 0.000000437. The maximum atomic E-state index is 10.7. The van der Waals surface area contributed by atoms with Gasteiger partial charge in [-0.1, -0.05) is 36.9 Å². The lowest BCUT2D eigenvalue weighted by Crippen LogP contribution is -2.07. The Morgan fingerprint density at radius 3 is 2.12 bits per heavy atom. The van der Waals surface area contributed by atoms with Gasteiger partial charge in [0.05, 0.1) is 0 Å². The maximum absolute atomic E-state index is 10.7. The van der Waals surface area contributed by atoms with Gasteiger partial charge in [-0.25, -0.2) is 0 Å². The van der Waals surface area contributed by atoms with Crippen molar-refractivity contribution < 1.29 is 17.8 Å². The van der Waals surface area contributed by atoms with Crippen LogP contribution in [-0.2, 0) is 14.9 Å². The lowest BCUT2D eigenvalue weighted by Gasteiger charge is -2.06. The van der Waals surface area contributed by atoms with Crippen molar-refractivity contribution >= 4 is 16.0 Å². The first-order chi connectivity index (χ1) is 7.79. The molecule has 1 aromatic carbocycles. The highest BCUT2D eigenvalue weighted by atomic mass is 32.2. The Hall–Kier alpha value is -1.66. The second-order valence-corrected chi connectivity index (χ2v) is 4.91. The van der Waals surface area contributed by atoms with Crippen molar-refractivity contribution in [3.8, 4) is 0 Å². The summed E-state index contributed by atoms with van der Waals surface area (Å²) in [6.07, 6.45) is 1.06. The third-order valence-electron chi connectivity index (χ3n) is 1.92. The van der Waals surface area contributed by atoms with E-state index in [9.17, 15) is 13.2 Å². The summed E-state index contributed by atoms with van der Waals surface area (Å²) in [5.74, 6) is -0.481. The quantitative estimate of drug-likeness (QED) is 0.629. The Bertz CT molecular complexity index is 468. The van der Waals surface area contributed by atoms with Crippen LogP contribution in [0.4, 0.5) is 0 Å². The van der Waals surface area contributed by atoms with E-state index in [1.807, 2.05) is 0 Å². The van der Waals surface area contributed by atoms with Crippen molar-refractivity contribution in [3.63, 3.8) is 0 Å². The van der Waals surface area contributed by atoms with Gasteiger partial charge >= 0.3 is 0 Å². The van der Waals surface area contributed by atoms with Gasteiger partial charge in [0.15, 0.2) is 0 Å². The molecule has 0 heterocycles. The first-order valence-corrected chi connectivity index (χ1v) is 6.22. The molecule has 0 saturated heterocycles. The molecule has 0 fully saturated rings. The molecule has 17 heavy (non-hydrogen) atoms. The second-order valence-electron chi connectivity index (χ2n) is 3.17. The molecular weight excluding hydrogens is 242 g/mol. The predicted molar refractivity (Wildman–Crippen MR) is 65.8 cm³/mol. The molecule has 1 atom stereocenters. The second kappa shape index (κ2) is 6.82. The lowest BCUT2D eigenvalue weighted by atomic mass is 10.2. The zero-order valence-electron chi connectivity index (χ0n) is 9.41. The summed E-state index contributed by atoms with van der Waals surface area (Å²) in [7, 11) is -3.96. The van der Waals surface area contributed by atoms with E-state index in [-0.39, 0.29) is 0 Å². The number of carbonyl (C=O) groups excluding carboxylic acids is 1. The Labute approximate surface area is 101 Å². The molecule has 6 heteroatoms. The van der Waals surface area contributed by atoms with E-state index in [4.69, 9.17) is 4.55 Å². The van der Waals surface area contributed by atoms with E-state index in [2.05, 4.69) is 12.3 Å². The van der Waals surface area contributed by atoms with Crippen LogP contribution < -0.4 is 5.73 Å². The van der Waals surface area contributed by atoms with Gasteiger partial charge in [0.25, 0.3) is 10.1 Å². The van der Waals surface area contributed by atoms with Gasteiger partial charge in [0.1, 0.15) is 5.25 Å². The summed E-state index contributed by atoms with van der Waals surface area (Å²) in [5.41, 5.74) is 5.13. The first kappa shape index (κ1) is 15.3. The minimum Gasteiger partial charge on any atom is -0.366 e. The molecule has 0 aliphatic rings. The summed E-state index contributed by atoms with van der Waals surface area (Å²) < 4.78 is 30.1. The normalized spacial score (nSPS) is 11.9. The fourth-order valence-corrected chi connectivity index (χ4v) is 1.40. The average Bonchev–Trinajstić information content (AvgIpc) is 2.29. The van der Waals surface area contributed by atoms with E-state index in [0.717, 1.165) is 6.08 Å². The van der Waals surface area contributed by atoms with Gasteiger partial charge in [-0.15, -0.1) is 0 Å². The molecule has 5 nitrogen and oxygen atoms in total. The molecular formula is C11H15NO4S. The summed E-state index contributed by atoms with van der Waals surface area (Å²) in [6, 6.07) is 8.59. The van der Waals surface area contributed by atoms with E-state index in [1.54, 1.807) is 30.3 Å². The highest BCUT2D eigenvalue weighted by molar-refractivity contribution is 7.86. The monoisotopic (exact) mass is 257 g/mol. The molecule has 0 bridgehead atoms. The number of primary amides is 1. The highest BCUT2D eigenvalue weighted by Crippen LogP contribution is 2.19. The van der Waals surface area contributed by atoms with Crippen molar-refractivity contribution in [1.82, 2.24) is 0 Å². The molecule has 0 spiro atoms. The lowest BCUT2D eigenvalue weighted by molar-refractivity contribution is -0.113. The molecule has 0 saturated carbocycles. The summed E-state index contributed by atoms with van der Waals surface area (Å²) >= 11 is 0. The zero-order valence-corrected chi connectivity index (χ0v) is 10.2. The SMILES string of the molecule is C=CC(N)=O.CC(c1ccccc1)S(=O)(=O)O. The molecule has 0 radical (unpaired) electrons. The molecule has 1 unspecified atom stereocenters. The Morgan fingerprint density at radius 2 is 1.82 bits per heavy atom.